The molecule has 0 fully saturated rings. The van der Waals surface area contributed by atoms with Crippen LogP contribution in [0.25, 0.3) is 11.4 Å². The fraction of sp³-hybridized carbons (Fsp3) is 0.270. The normalized spacial score (nSPS) is 12.0. The molecule has 0 bridgehead atoms. The Kier molecular flexibility index (Phi) is 10.6. The number of halogens is 1. The van der Waals surface area contributed by atoms with Gasteiger partial charge in [0.2, 0.25) is 17.6 Å². The monoisotopic (exact) mass is 680 g/mol. The van der Waals surface area contributed by atoms with Gasteiger partial charge in [0.1, 0.15) is 30.5 Å². The van der Waals surface area contributed by atoms with Crippen molar-refractivity contribution in [3.8, 4) is 11.4 Å². The predicted molar refractivity (Wildman–Crippen MR) is 183 cm³/mol. The number of carbonyl (C=O) groups is 3. The van der Waals surface area contributed by atoms with Crippen molar-refractivity contribution in [2.45, 2.75) is 52.3 Å². The standard InChI is InChI=1S/C37H37FN6O6/c1-23(2)30(31(46)33-41-42-35(50-33)37(3,4)26-16-18-27(38)19-17-26)40-29(45)21-44-32(25-14-10-7-11-15-25)39-20-28(34(44)47)43(5)36(48)49-22-24-12-8-6-9-13-24/h6-20,23,30H,21-22H2,1-5H3,(H,40,45)/t30-/m0/s1. The maximum atomic E-state index is 13.9. The molecule has 50 heavy (non-hydrogen) atoms. The molecule has 0 aliphatic heterocycles. The first-order valence-electron chi connectivity index (χ1n) is 15.9. The zero-order valence-corrected chi connectivity index (χ0v) is 28.3. The highest BCUT2D eigenvalue weighted by Gasteiger charge is 2.34. The van der Waals surface area contributed by atoms with Gasteiger partial charge in [-0.3, -0.25) is 23.9 Å². The second-order valence-electron chi connectivity index (χ2n) is 12.5. The van der Waals surface area contributed by atoms with Crippen LogP contribution in [0.5, 0.6) is 0 Å². The molecule has 2 aromatic heterocycles. The minimum Gasteiger partial charge on any atom is -0.444 e. The van der Waals surface area contributed by atoms with E-state index in [1.807, 2.05) is 18.2 Å². The lowest BCUT2D eigenvalue weighted by atomic mass is 9.84. The summed E-state index contributed by atoms with van der Waals surface area (Å²) in [5.41, 5.74) is 0.379. The molecule has 2 amide bonds. The Morgan fingerprint density at radius 3 is 2.24 bits per heavy atom. The molecule has 5 rings (SSSR count). The SMILES string of the molecule is CC(C)[C@H](NC(=O)Cn1c(-c2ccccc2)ncc(N(C)C(=O)OCc2ccccc2)c1=O)C(=O)c1nnc(C(C)(C)c2ccc(F)cc2)o1. The van der Waals surface area contributed by atoms with Crippen molar-refractivity contribution in [2.75, 3.05) is 11.9 Å². The van der Waals surface area contributed by atoms with Crippen LogP contribution in [0.3, 0.4) is 0 Å². The van der Waals surface area contributed by atoms with Gasteiger partial charge in [-0.2, -0.15) is 0 Å². The third-order valence-electron chi connectivity index (χ3n) is 8.21. The third kappa shape index (κ3) is 7.83. The van der Waals surface area contributed by atoms with Gasteiger partial charge in [-0.25, -0.2) is 14.2 Å². The lowest BCUT2D eigenvalue weighted by Crippen LogP contribution is -2.47. The van der Waals surface area contributed by atoms with Crippen LogP contribution in [0.1, 0.15) is 55.4 Å². The first-order chi connectivity index (χ1) is 23.9. The summed E-state index contributed by atoms with van der Waals surface area (Å²) < 4.78 is 25.9. The highest BCUT2D eigenvalue weighted by Crippen LogP contribution is 2.31. The molecule has 0 spiro atoms. The number of ketones is 1. The third-order valence-corrected chi connectivity index (χ3v) is 8.21. The summed E-state index contributed by atoms with van der Waals surface area (Å²) in [7, 11) is 1.38. The highest BCUT2D eigenvalue weighted by molar-refractivity contribution is 5.98. The van der Waals surface area contributed by atoms with Gasteiger partial charge in [0.05, 0.1) is 17.7 Å². The van der Waals surface area contributed by atoms with Crippen LogP contribution in [-0.4, -0.2) is 50.6 Å². The maximum Gasteiger partial charge on any atom is 0.414 e. The molecule has 13 heteroatoms. The molecular weight excluding hydrogens is 643 g/mol. The lowest BCUT2D eigenvalue weighted by Gasteiger charge is -2.22. The molecule has 0 aliphatic rings. The Morgan fingerprint density at radius 1 is 0.960 bits per heavy atom. The summed E-state index contributed by atoms with van der Waals surface area (Å²) in [4.78, 5) is 59.5. The number of nitrogens with zero attached hydrogens (tertiary/aromatic N) is 5. The van der Waals surface area contributed by atoms with Gasteiger partial charge < -0.3 is 14.5 Å². The average Bonchev–Trinajstić information content (AvgIpc) is 3.62. The molecule has 0 unspecified atom stereocenters. The van der Waals surface area contributed by atoms with Crippen molar-refractivity contribution in [3.63, 3.8) is 0 Å². The van der Waals surface area contributed by atoms with Crippen molar-refractivity contribution < 1.29 is 27.9 Å². The molecule has 258 valence electrons. The zero-order chi connectivity index (χ0) is 36.0. The van der Waals surface area contributed by atoms with Crippen molar-refractivity contribution in [1.82, 2.24) is 25.1 Å². The van der Waals surface area contributed by atoms with Crippen LogP contribution in [0.4, 0.5) is 14.9 Å². The summed E-state index contributed by atoms with van der Waals surface area (Å²) in [5.74, 6) is -2.09. The van der Waals surface area contributed by atoms with E-state index < -0.39 is 53.1 Å². The minimum absolute atomic E-state index is 0.00791. The quantitative estimate of drug-likeness (QED) is 0.167. The molecule has 0 saturated heterocycles. The number of aromatic nitrogens is 4. The Labute approximate surface area is 287 Å². The number of benzene rings is 3. The predicted octanol–water partition coefficient (Wildman–Crippen LogP) is 5.56. The summed E-state index contributed by atoms with van der Waals surface area (Å²) in [6.45, 7) is 6.54. The topological polar surface area (TPSA) is 150 Å². The number of hydrogen-bond donors (Lipinski definition) is 1. The number of ether oxygens (including phenoxy) is 1. The number of nitrogens with one attached hydrogen (secondary N) is 1. The number of carbonyl (C=O) groups excluding carboxylic acids is 3. The van der Waals surface area contributed by atoms with E-state index in [-0.39, 0.29) is 29.9 Å². The molecule has 0 aliphatic carbocycles. The van der Waals surface area contributed by atoms with Crippen molar-refractivity contribution >= 4 is 23.5 Å². The van der Waals surface area contributed by atoms with Crippen LogP contribution in [0.15, 0.2) is 100 Å². The van der Waals surface area contributed by atoms with Crippen LogP contribution in [-0.2, 0) is 28.1 Å². The number of rotatable bonds is 12. The second-order valence-corrected chi connectivity index (χ2v) is 12.5. The van der Waals surface area contributed by atoms with Crippen molar-refractivity contribution in [2.24, 2.45) is 5.92 Å². The number of Topliss-reactive ketones (excluding diaryl/α,β-unsaturated/α-hetero) is 1. The lowest BCUT2D eigenvalue weighted by molar-refractivity contribution is -0.122. The van der Waals surface area contributed by atoms with E-state index in [4.69, 9.17) is 9.15 Å². The number of hydrogen-bond acceptors (Lipinski definition) is 9. The first kappa shape index (κ1) is 35.3. The molecule has 1 N–H and O–H groups in total. The average molecular weight is 681 g/mol. The Balaban J connectivity index is 1.38. The van der Waals surface area contributed by atoms with Crippen LogP contribution in [0.2, 0.25) is 0 Å². The summed E-state index contributed by atoms with van der Waals surface area (Å²) >= 11 is 0. The first-order valence-corrected chi connectivity index (χ1v) is 15.9. The van der Waals surface area contributed by atoms with E-state index in [0.717, 1.165) is 15.0 Å². The fourth-order valence-corrected chi connectivity index (χ4v) is 5.19. The Bertz CT molecular complexity index is 2030. The molecular formula is C37H37FN6O6. The number of anilines is 1. The highest BCUT2D eigenvalue weighted by atomic mass is 19.1. The number of amides is 2. The van der Waals surface area contributed by atoms with Crippen LogP contribution in [0, 0.1) is 11.7 Å². The van der Waals surface area contributed by atoms with Gasteiger partial charge in [0.25, 0.3) is 11.4 Å². The van der Waals surface area contributed by atoms with E-state index >= 15 is 0 Å². The van der Waals surface area contributed by atoms with E-state index in [0.29, 0.717) is 11.1 Å². The van der Waals surface area contributed by atoms with Gasteiger partial charge in [-0.1, -0.05) is 86.6 Å². The fourth-order valence-electron chi connectivity index (χ4n) is 5.19. The molecule has 0 radical (unpaired) electrons. The van der Waals surface area contributed by atoms with Crippen molar-refractivity contribution in [1.29, 1.82) is 0 Å². The van der Waals surface area contributed by atoms with E-state index in [2.05, 4.69) is 20.5 Å². The van der Waals surface area contributed by atoms with E-state index in [9.17, 15) is 23.6 Å². The second kappa shape index (κ2) is 15.1. The maximum absolute atomic E-state index is 13.9. The smallest absolute Gasteiger partial charge is 0.414 e. The van der Waals surface area contributed by atoms with Gasteiger partial charge in [0.15, 0.2) is 0 Å². The molecule has 2 heterocycles. The Hall–Kier alpha value is -5.98. The summed E-state index contributed by atoms with van der Waals surface area (Å²) in [6.07, 6.45) is 0.465. The van der Waals surface area contributed by atoms with Crippen LogP contribution < -0.4 is 15.8 Å². The van der Waals surface area contributed by atoms with Crippen LogP contribution >= 0.6 is 0 Å². The van der Waals surface area contributed by atoms with E-state index in [1.165, 1.54) is 25.4 Å². The molecule has 5 aromatic rings. The molecule has 1 atom stereocenters. The Morgan fingerprint density at radius 2 is 1.60 bits per heavy atom. The largest absolute Gasteiger partial charge is 0.444 e. The van der Waals surface area contributed by atoms with E-state index in [1.54, 1.807) is 82.3 Å². The zero-order valence-electron chi connectivity index (χ0n) is 28.3. The summed E-state index contributed by atoms with van der Waals surface area (Å²) in [6, 6.07) is 22.6. The van der Waals surface area contributed by atoms with Crippen molar-refractivity contribution in [3.05, 3.63) is 130 Å². The molecule has 3 aromatic carbocycles. The van der Waals surface area contributed by atoms with Gasteiger partial charge in [-0.05, 0) is 43.0 Å². The molecule has 0 saturated carbocycles. The van der Waals surface area contributed by atoms with Gasteiger partial charge in [-0.15, -0.1) is 10.2 Å². The van der Waals surface area contributed by atoms with Gasteiger partial charge >= 0.3 is 6.09 Å². The summed E-state index contributed by atoms with van der Waals surface area (Å²) in [5, 5.41) is 10.8. The minimum atomic E-state index is -1.09. The van der Waals surface area contributed by atoms with Gasteiger partial charge in [0, 0.05) is 12.6 Å². The molecule has 12 nitrogen and oxygen atoms in total.